The predicted octanol–water partition coefficient (Wildman–Crippen LogP) is 1.84. The molecule has 1 saturated heterocycles. The summed E-state index contributed by atoms with van der Waals surface area (Å²) in [6.07, 6.45) is 0. The number of ether oxygens (including phenoxy) is 2. The zero-order valence-electron chi connectivity index (χ0n) is 8.84. The van der Waals surface area contributed by atoms with Gasteiger partial charge < -0.3 is 15.2 Å². The fourth-order valence-corrected chi connectivity index (χ4v) is 1.85. The molecule has 1 heterocycles. The first-order chi connectivity index (χ1) is 7.07. The van der Waals surface area contributed by atoms with E-state index in [4.69, 9.17) is 26.8 Å². The van der Waals surface area contributed by atoms with Crippen LogP contribution >= 0.6 is 11.6 Å². The highest BCUT2D eigenvalue weighted by molar-refractivity contribution is 6.31. The molecule has 0 aliphatic carbocycles. The number of methoxy groups -OCH3 is 1. The van der Waals surface area contributed by atoms with Crippen LogP contribution in [0, 0.1) is 6.92 Å². The molecule has 1 aromatic rings. The maximum Gasteiger partial charge on any atom is 0.124 e. The van der Waals surface area contributed by atoms with Gasteiger partial charge in [0.05, 0.1) is 25.9 Å². The molecule has 0 unspecified atom stereocenters. The molecule has 82 valence electrons. The van der Waals surface area contributed by atoms with Crippen LogP contribution < -0.4 is 10.5 Å². The largest absolute Gasteiger partial charge is 0.496 e. The smallest absolute Gasteiger partial charge is 0.124 e. The molecule has 1 aromatic carbocycles. The van der Waals surface area contributed by atoms with Crippen molar-refractivity contribution in [3.63, 3.8) is 0 Å². The molecule has 0 spiro atoms. The van der Waals surface area contributed by atoms with Crippen molar-refractivity contribution in [2.24, 2.45) is 5.73 Å². The van der Waals surface area contributed by atoms with E-state index in [9.17, 15) is 0 Å². The first kappa shape index (κ1) is 10.7. The van der Waals surface area contributed by atoms with Crippen LogP contribution in [0.4, 0.5) is 0 Å². The van der Waals surface area contributed by atoms with Gasteiger partial charge in [0.15, 0.2) is 0 Å². The van der Waals surface area contributed by atoms with Crippen LogP contribution in [0.25, 0.3) is 0 Å². The van der Waals surface area contributed by atoms with Crippen LogP contribution in [0.2, 0.25) is 5.02 Å². The summed E-state index contributed by atoms with van der Waals surface area (Å²) in [5.74, 6) is 0.780. The number of nitrogens with two attached hydrogens (primary N) is 1. The van der Waals surface area contributed by atoms with Crippen LogP contribution in [-0.2, 0) is 10.3 Å². The first-order valence-electron chi connectivity index (χ1n) is 4.78. The standard InChI is InChI=1S/C11H14ClNO2/c1-7-3-10(14-2)8(4-9(7)12)11(13)5-15-6-11/h3-4H,5-6,13H2,1-2H3. The summed E-state index contributed by atoms with van der Waals surface area (Å²) in [4.78, 5) is 0. The molecule has 0 atom stereocenters. The van der Waals surface area contributed by atoms with E-state index in [0.29, 0.717) is 18.2 Å². The van der Waals surface area contributed by atoms with E-state index in [0.717, 1.165) is 16.9 Å². The van der Waals surface area contributed by atoms with Crippen molar-refractivity contribution < 1.29 is 9.47 Å². The number of hydrogen-bond donors (Lipinski definition) is 1. The topological polar surface area (TPSA) is 44.5 Å². The van der Waals surface area contributed by atoms with E-state index >= 15 is 0 Å². The summed E-state index contributed by atoms with van der Waals surface area (Å²) in [5, 5.41) is 0.711. The minimum atomic E-state index is -0.442. The Morgan fingerprint density at radius 2 is 2.13 bits per heavy atom. The highest BCUT2D eigenvalue weighted by Gasteiger charge is 2.38. The third kappa shape index (κ3) is 1.71. The van der Waals surface area contributed by atoms with E-state index in [1.807, 2.05) is 19.1 Å². The average Bonchev–Trinajstić information content (AvgIpc) is 2.18. The second kappa shape index (κ2) is 3.67. The van der Waals surface area contributed by atoms with Crippen molar-refractivity contribution in [3.8, 4) is 5.75 Å². The van der Waals surface area contributed by atoms with Crippen LogP contribution in [0.5, 0.6) is 5.75 Å². The summed E-state index contributed by atoms with van der Waals surface area (Å²) < 4.78 is 10.4. The lowest BCUT2D eigenvalue weighted by molar-refractivity contribution is -0.0578. The van der Waals surface area contributed by atoms with Crippen molar-refractivity contribution >= 4 is 11.6 Å². The Morgan fingerprint density at radius 3 is 2.60 bits per heavy atom. The lowest BCUT2D eigenvalue weighted by Gasteiger charge is -2.39. The van der Waals surface area contributed by atoms with Crippen molar-refractivity contribution in [3.05, 3.63) is 28.3 Å². The molecule has 0 radical (unpaired) electrons. The van der Waals surface area contributed by atoms with Gasteiger partial charge >= 0.3 is 0 Å². The monoisotopic (exact) mass is 227 g/mol. The van der Waals surface area contributed by atoms with Crippen molar-refractivity contribution in [1.29, 1.82) is 0 Å². The molecule has 0 saturated carbocycles. The molecule has 2 rings (SSSR count). The van der Waals surface area contributed by atoms with Gasteiger partial charge in [-0.05, 0) is 24.6 Å². The number of halogens is 1. The Balaban J connectivity index is 2.49. The molecule has 1 fully saturated rings. The van der Waals surface area contributed by atoms with Crippen LogP contribution in [0.3, 0.4) is 0 Å². The molecule has 3 nitrogen and oxygen atoms in total. The van der Waals surface area contributed by atoms with Crippen molar-refractivity contribution in [1.82, 2.24) is 0 Å². The molecule has 0 amide bonds. The van der Waals surface area contributed by atoms with Gasteiger partial charge in [-0.25, -0.2) is 0 Å². The minimum absolute atomic E-state index is 0.442. The molecular formula is C11H14ClNO2. The SMILES string of the molecule is COc1cc(C)c(Cl)cc1C1(N)COC1. The maximum atomic E-state index is 6.16. The minimum Gasteiger partial charge on any atom is -0.496 e. The van der Waals surface area contributed by atoms with E-state index in [1.165, 1.54) is 0 Å². The number of hydrogen-bond acceptors (Lipinski definition) is 3. The Hall–Kier alpha value is -0.770. The van der Waals surface area contributed by atoms with E-state index < -0.39 is 5.54 Å². The quantitative estimate of drug-likeness (QED) is 0.839. The molecule has 0 bridgehead atoms. The Kier molecular flexibility index (Phi) is 2.63. The van der Waals surface area contributed by atoms with Crippen LogP contribution in [0.1, 0.15) is 11.1 Å². The van der Waals surface area contributed by atoms with Gasteiger partial charge in [-0.1, -0.05) is 11.6 Å². The Morgan fingerprint density at radius 1 is 1.47 bits per heavy atom. The molecular weight excluding hydrogens is 214 g/mol. The third-order valence-corrected chi connectivity index (χ3v) is 3.14. The van der Waals surface area contributed by atoms with Gasteiger partial charge in [0, 0.05) is 10.6 Å². The van der Waals surface area contributed by atoms with Gasteiger partial charge in [-0.15, -0.1) is 0 Å². The summed E-state index contributed by atoms with van der Waals surface area (Å²) in [6.45, 7) is 2.97. The molecule has 4 heteroatoms. The first-order valence-corrected chi connectivity index (χ1v) is 5.16. The highest BCUT2D eigenvalue weighted by atomic mass is 35.5. The van der Waals surface area contributed by atoms with Gasteiger partial charge in [-0.2, -0.15) is 0 Å². The van der Waals surface area contributed by atoms with Gasteiger partial charge in [-0.3, -0.25) is 0 Å². The fourth-order valence-electron chi connectivity index (χ4n) is 1.69. The summed E-state index contributed by atoms with van der Waals surface area (Å²) in [6, 6.07) is 3.78. The zero-order chi connectivity index (χ0) is 11.1. The summed E-state index contributed by atoms with van der Waals surface area (Å²) in [7, 11) is 1.63. The van der Waals surface area contributed by atoms with Gasteiger partial charge in [0.2, 0.25) is 0 Å². The Labute approximate surface area is 94.1 Å². The van der Waals surface area contributed by atoms with Crippen LogP contribution in [-0.4, -0.2) is 20.3 Å². The van der Waals surface area contributed by atoms with Crippen molar-refractivity contribution in [2.45, 2.75) is 12.5 Å². The van der Waals surface area contributed by atoms with E-state index in [1.54, 1.807) is 7.11 Å². The number of rotatable bonds is 2. The number of benzene rings is 1. The predicted molar refractivity (Wildman–Crippen MR) is 59.4 cm³/mol. The van der Waals surface area contributed by atoms with Crippen LogP contribution in [0.15, 0.2) is 12.1 Å². The van der Waals surface area contributed by atoms with Gasteiger partial charge in [0.25, 0.3) is 0 Å². The summed E-state index contributed by atoms with van der Waals surface area (Å²) in [5.41, 5.74) is 7.62. The molecule has 1 aliphatic heterocycles. The molecule has 1 aliphatic rings. The van der Waals surface area contributed by atoms with Crippen molar-refractivity contribution in [2.75, 3.05) is 20.3 Å². The fraction of sp³-hybridized carbons (Fsp3) is 0.455. The Bertz CT molecular complexity index is 388. The highest BCUT2D eigenvalue weighted by Crippen LogP contribution is 2.36. The van der Waals surface area contributed by atoms with E-state index in [2.05, 4.69) is 0 Å². The zero-order valence-corrected chi connectivity index (χ0v) is 9.60. The molecule has 15 heavy (non-hydrogen) atoms. The lowest BCUT2D eigenvalue weighted by atomic mass is 9.88. The second-order valence-corrected chi connectivity index (χ2v) is 4.36. The third-order valence-electron chi connectivity index (χ3n) is 2.74. The average molecular weight is 228 g/mol. The normalized spacial score (nSPS) is 18.4. The second-order valence-electron chi connectivity index (χ2n) is 3.95. The lowest BCUT2D eigenvalue weighted by Crippen LogP contribution is -2.54. The van der Waals surface area contributed by atoms with Gasteiger partial charge in [0.1, 0.15) is 5.75 Å². The summed E-state index contributed by atoms with van der Waals surface area (Å²) >= 11 is 6.08. The maximum absolute atomic E-state index is 6.16. The molecule has 0 aromatic heterocycles. The number of aryl methyl sites for hydroxylation is 1. The van der Waals surface area contributed by atoms with E-state index in [-0.39, 0.29) is 0 Å². The molecule has 2 N–H and O–H groups in total.